The Morgan fingerprint density at radius 2 is 2.19 bits per heavy atom. The summed E-state index contributed by atoms with van der Waals surface area (Å²) in [7, 11) is 0. The number of rotatable bonds is 3. The molecule has 0 saturated heterocycles. The molecule has 1 heterocycles. The van der Waals surface area contributed by atoms with Gasteiger partial charge in [-0.1, -0.05) is 5.16 Å². The van der Waals surface area contributed by atoms with Crippen LogP contribution in [0.1, 0.15) is 11.5 Å². The number of carbonyl (C=O) groups excluding carboxylic acids is 2. The molecule has 7 nitrogen and oxygen atoms in total. The lowest BCUT2D eigenvalue weighted by molar-refractivity contribution is -0.139. The van der Waals surface area contributed by atoms with Crippen molar-refractivity contribution in [3.8, 4) is 6.07 Å². The summed E-state index contributed by atoms with van der Waals surface area (Å²) in [5, 5.41) is 16.2. The third-order valence-electron chi connectivity index (χ3n) is 1.63. The van der Waals surface area contributed by atoms with Crippen LogP contribution in [0.5, 0.6) is 0 Å². The third kappa shape index (κ3) is 3.42. The van der Waals surface area contributed by atoms with Crippen molar-refractivity contribution in [1.82, 2.24) is 15.8 Å². The van der Waals surface area contributed by atoms with Gasteiger partial charge < -0.3 is 15.2 Å². The van der Waals surface area contributed by atoms with Gasteiger partial charge in [0.2, 0.25) is 0 Å². The Morgan fingerprint density at radius 3 is 2.75 bits per heavy atom. The summed E-state index contributed by atoms with van der Waals surface area (Å²) in [5.41, 5.74) is 0.693. The summed E-state index contributed by atoms with van der Waals surface area (Å²) >= 11 is 0. The molecule has 0 spiro atoms. The van der Waals surface area contributed by atoms with Gasteiger partial charge in [0.1, 0.15) is 6.54 Å². The molecule has 0 fully saturated rings. The first-order chi connectivity index (χ1) is 7.63. The maximum absolute atomic E-state index is 11.1. The Balaban J connectivity index is 2.35. The van der Waals surface area contributed by atoms with Gasteiger partial charge in [0, 0.05) is 6.07 Å². The summed E-state index contributed by atoms with van der Waals surface area (Å²) in [4.78, 5) is 22.1. The molecule has 2 amide bonds. The Bertz CT molecular complexity index is 432. The van der Waals surface area contributed by atoms with Gasteiger partial charge in [-0.25, -0.2) is 0 Å². The molecular formula is C9H10N4O3. The molecule has 7 heteroatoms. The van der Waals surface area contributed by atoms with Crippen molar-refractivity contribution in [2.45, 2.75) is 13.5 Å². The topological polar surface area (TPSA) is 108 Å². The lowest BCUT2D eigenvalue weighted by atomic mass is 10.4. The van der Waals surface area contributed by atoms with Crippen LogP contribution < -0.4 is 10.6 Å². The first kappa shape index (κ1) is 11.7. The molecule has 0 unspecified atom stereocenters. The van der Waals surface area contributed by atoms with E-state index in [-0.39, 0.29) is 13.1 Å². The SMILES string of the molecule is Cc1cc(CNC(=O)C(=O)NCC#N)on1. The zero-order valence-electron chi connectivity index (χ0n) is 8.61. The Labute approximate surface area is 91.4 Å². The van der Waals surface area contributed by atoms with Crippen molar-refractivity contribution in [3.63, 3.8) is 0 Å². The van der Waals surface area contributed by atoms with Gasteiger partial charge in [-0.2, -0.15) is 5.26 Å². The molecule has 0 radical (unpaired) electrons. The molecule has 0 atom stereocenters. The van der Waals surface area contributed by atoms with Gasteiger partial charge in [0.05, 0.1) is 18.3 Å². The van der Waals surface area contributed by atoms with Crippen molar-refractivity contribution in [2.75, 3.05) is 6.54 Å². The van der Waals surface area contributed by atoms with E-state index in [4.69, 9.17) is 9.78 Å². The van der Waals surface area contributed by atoms with Crippen LogP contribution in [0.3, 0.4) is 0 Å². The van der Waals surface area contributed by atoms with Crippen LogP contribution >= 0.6 is 0 Å². The molecule has 84 valence electrons. The van der Waals surface area contributed by atoms with Crippen LogP contribution in [0.25, 0.3) is 0 Å². The van der Waals surface area contributed by atoms with Gasteiger partial charge in [-0.15, -0.1) is 0 Å². The molecule has 0 aliphatic heterocycles. The minimum absolute atomic E-state index is 0.0830. The number of amides is 2. The highest BCUT2D eigenvalue weighted by Gasteiger charge is 2.12. The molecule has 0 bridgehead atoms. The predicted molar refractivity (Wildman–Crippen MR) is 51.7 cm³/mol. The summed E-state index contributed by atoms with van der Waals surface area (Å²) < 4.78 is 4.83. The quantitative estimate of drug-likeness (QED) is 0.516. The van der Waals surface area contributed by atoms with E-state index in [1.165, 1.54) is 0 Å². The molecule has 0 saturated carbocycles. The van der Waals surface area contributed by atoms with Gasteiger partial charge in [-0.3, -0.25) is 9.59 Å². The lowest BCUT2D eigenvalue weighted by Gasteiger charge is -2.01. The van der Waals surface area contributed by atoms with Gasteiger partial charge in [0.25, 0.3) is 0 Å². The van der Waals surface area contributed by atoms with E-state index in [1.54, 1.807) is 19.1 Å². The smallest absolute Gasteiger partial charge is 0.310 e. The molecule has 16 heavy (non-hydrogen) atoms. The second kappa shape index (κ2) is 5.50. The first-order valence-corrected chi connectivity index (χ1v) is 4.48. The zero-order chi connectivity index (χ0) is 12.0. The summed E-state index contributed by atoms with van der Waals surface area (Å²) in [6.45, 7) is 1.63. The van der Waals surface area contributed by atoms with Crippen molar-refractivity contribution >= 4 is 11.8 Å². The average Bonchev–Trinajstić information content (AvgIpc) is 2.68. The van der Waals surface area contributed by atoms with Crippen LogP contribution in [0.15, 0.2) is 10.6 Å². The maximum atomic E-state index is 11.1. The van der Waals surface area contributed by atoms with Crippen LogP contribution in [-0.2, 0) is 16.1 Å². The number of aromatic nitrogens is 1. The highest BCUT2D eigenvalue weighted by molar-refractivity contribution is 6.35. The number of hydrogen-bond donors (Lipinski definition) is 2. The molecule has 1 rings (SSSR count). The minimum atomic E-state index is -0.849. The number of nitriles is 1. The maximum Gasteiger partial charge on any atom is 0.310 e. The monoisotopic (exact) mass is 222 g/mol. The van der Waals surface area contributed by atoms with Crippen LogP contribution in [0.4, 0.5) is 0 Å². The molecular weight excluding hydrogens is 212 g/mol. The van der Waals surface area contributed by atoms with Gasteiger partial charge >= 0.3 is 11.8 Å². The second-order valence-electron chi connectivity index (χ2n) is 2.96. The van der Waals surface area contributed by atoms with Crippen molar-refractivity contribution < 1.29 is 14.1 Å². The lowest BCUT2D eigenvalue weighted by Crippen LogP contribution is -2.39. The number of nitrogens with zero attached hydrogens (tertiary/aromatic N) is 2. The van der Waals surface area contributed by atoms with E-state index >= 15 is 0 Å². The van der Waals surface area contributed by atoms with E-state index in [0.717, 1.165) is 0 Å². The largest absolute Gasteiger partial charge is 0.359 e. The fraction of sp³-hybridized carbons (Fsp3) is 0.333. The Hall–Kier alpha value is -2.36. The van der Waals surface area contributed by atoms with E-state index in [2.05, 4.69) is 15.8 Å². The summed E-state index contributed by atoms with van der Waals surface area (Å²) in [5.74, 6) is -1.21. The molecule has 1 aromatic rings. The van der Waals surface area contributed by atoms with Crippen LogP contribution in [0, 0.1) is 18.3 Å². The first-order valence-electron chi connectivity index (χ1n) is 4.48. The second-order valence-corrected chi connectivity index (χ2v) is 2.96. The van der Waals surface area contributed by atoms with E-state index in [0.29, 0.717) is 11.5 Å². The fourth-order valence-electron chi connectivity index (χ4n) is 0.947. The predicted octanol–water partition coefficient (Wildman–Crippen LogP) is -0.761. The van der Waals surface area contributed by atoms with Crippen molar-refractivity contribution in [1.29, 1.82) is 5.26 Å². The molecule has 0 aliphatic rings. The molecule has 0 aliphatic carbocycles. The van der Waals surface area contributed by atoms with E-state index in [1.807, 2.05) is 0 Å². The summed E-state index contributed by atoms with van der Waals surface area (Å²) in [6.07, 6.45) is 0. The standard InChI is InChI=1S/C9H10N4O3/c1-6-4-7(16-13-6)5-12-9(15)8(14)11-3-2-10/h4H,3,5H2,1H3,(H,11,14)(H,12,15). The number of aryl methyl sites for hydroxylation is 1. The zero-order valence-corrected chi connectivity index (χ0v) is 8.61. The number of hydrogen-bond acceptors (Lipinski definition) is 5. The summed E-state index contributed by atoms with van der Waals surface area (Å²) in [6, 6.07) is 3.34. The average molecular weight is 222 g/mol. The van der Waals surface area contributed by atoms with Crippen molar-refractivity contribution in [3.05, 3.63) is 17.5 Å². The number of nitrogens with one attached hydrogen (secondary N) is 2. The Kier molecular flexibility index (Phi) is 4.03. The fourth-order valence-corrected chi connectivity index (χ4v) is 0.947. The van der Waals surface area contributed by atoms with E-state index in [9.17, 15) is 9.59 Å². The van der Waals surface area contributed by atoms with Crippen molar-refractivity contribution in [2.24, 2.45) is 0 Å². The van der Waals surface area contributed by atoms with E-state index < -0.39 is 11.8 Å². The van der Waals surface area contributed by atoms with Crippen LogP contribution in [-0.4, -0.2) is 23.5 Å². The Morgan fingerprint density at radius 1 is 1.50 bits per heavy atom. The highest BCUT2D eigenvalue weighted by atomic mass is 16.5. The number of carbonyl (C=O) groups is 2. The molecule has 0 aromatic carbocycles. The molecule has 2 N–H and O–H groups in total. The van der Waals surface area contributed by atoms with Gasteiger partial charge in [0.15, 0.2) is 5.76 Å². The molecule has 1 aromatic heterocycles. The minimum Gasteiger partial charge on any atom is -0.359 e. The van der Waals surface area contributed by atoms with Crippen LogP contribution in [0.2, 0.25) is 0 Å². The third-order valence-corrected chi connectivity index (χ3v) is 1.63. The van der Waals surface area contributed by atoms with Gasteiger partial charge in [-0.05, 0) is 6.92 Å². The normalized spacial score (nSPS) is 9.25. The highest BCUT2D eigenvalue weighted by Crippen LogP contribution is 2.00.